The van der Waals surface area contributed by atoms with Crippen LogP contribution in [0.1, 0.15) is 28.8 Å². The quantitative estimate of drug-likeness (QED) is 0.740. The molecule has 0 saturated carbocycles. The van der Waals surface area contributed by atoms with E-state index in [9.17, 15) is 4.79 Å². The number of rotatable bonds is 3. The van der Waals surface area contributed by atoms with E-state index >= 15 is 0 Å². The molecule has 2 heterocycles. The second-order valence-corrected chi connectivity index (χ2v) is 6.80. The Labute approximate surface area is 146 Å². The van der Waals surface area contributed by atoms with E-state index in [0.29, 0.717) is 10.6 Å². The van der Waals surface area contributed by atoms with Crippen molar-refractivity contribution in [3.8, 4) is 0 Å². The minimum atomic E-state index is 0.106. The van der Waals surface area contributed by atoms with Gasteiger partial charge < -0.3 is 9.88 Å². The molecule has 3 nitrogen and oxygen atoms in total. The number of halogens is 1. The van der Waals surface area contributed by atoms with Crippen molar-refractivity contribution >= 4 is 28.4 Å². The maximum atomic E-state index is 12.8. The van der Waals surface area contributed by atoms with Crippen molar-refractivity contribution in [2.75, 3.05) is 6.54 Å². The Balaban J connectivity index is 1.56. The monoisotopic (exact) mass is 338 g/mol. The van der Waals surface area contributed by atoms with Crippen LogP contribution in [0.4, 0.5) is 0 Å². The number of nitrogens with one attached hydrogen (secondary N) is 1. The fraction of sp³-hybridized carbons (Fsp3) is 0.250. The number of carbonyl (C=O) groups is 1. The topological polar surface area (TPSA) is 36.1 Å². The zero-order chi connectivity index (χ0) is 16.5. The first-order valence-electron chi connectivity index (χ1n) is 8.34. The van der Waals surface area contributed by atoms with Gasteiger partial charge in [0.05, 0.1) is 0 Å². The fourth-order valence-electron chi connectivity index (χ4n) is 3.63. The minimum Gasteiger partial charge on any atom is -0.361 e. The van der Waals surface area contributed by atoms with Gasteiger partial charge in [0.15, 0.2) is 0 Å². The van der Waals surface area contributed by atoms with Gasteiger partial charge in [-0.25, -0.2) is 0 Å². The third kappa shape index (κ3) is 2.80. The molecule has 0 radical (unpaired) electrons. The molecule has 4 heteroatoms. The van der Waals surface area contributed by atoms with Crippen LogP contribution in [0.15, 0.2) is 54.7 Å². The molecular weight excluding hydrogens is 320 g/mol. The standard InChI is InChI=1S/C20H19ClN2O/c21-16-9-7-14(8-10-16)20(24)23-11-3-4-17(23)12-15-13-22-19-6-2-1-5-18(15)19/h1-2,5-10,13,17,22H,3-4,11-12H2. The number of H-pyrrole nitrogens is 1. The molecule has 24 heavy (non-hydrogen) atoms. The molecule has 4 rings (SSSR count). The molecule has 1 fully saturated rings. The lowest BCUT2D eigenvalue weighted by Crippen LogP contribution is -2.36. The lowest BCUT2D eigenvalue weighted by molar-refractivity contribution is 0.0736. The van der Waals surface area contributed by atoms with Gasteiger partial charge in [-0.2, -0.15) is 0 Å². The number of carbonyl (C=O) groups excluding carboxylic acids is 1. The maximum Gasteiger partial charge on any atom is 0.254 e. The van der Waals surface area contributed by atoms with E-state index in [0.717, 1.165) is 31.3 Å². The van der Waals surface area contributed by atoms with Gasteiger partial charge in [0.1, 0.15) is 0 Å². The van der Waals surface area contributed by atoms with Gasteiger partial charge in [0, 0.05) is 40.3 Å². The van der Waals surface area contributed by atoms with E-state index < -0.39 is 0 Å². The number of nitrogens with zero attached hydrogens (tertiary/aromatic N) is 1. The van der Waals surface area contributed by atoms with E-state index in [1.807, 2.05) is 23.1 Å². The minimum absolute atomic E-state index is 0.106. The van der Waals surface area contributed by atoms with Crippen LogP contribution in [-0.2, 0) is 6.42 Å². The normalized spacial score (nSPS) is 17.5. The Bertz CT molecular complexity index is 869. The molecule has 2 aromatic carbocycles. The number of hydrogen-bond donors (Lipinski definition) is 1. The number of aromatic nitrogens is 1. The predicted octanol–water partition coefficient (Wildman–Crippen LogP) is 4.67. The molecule has 1 aliphatic rings. The Kier molecular flexibility index (Phi) is 4.03. The summed E-state index contributed by atoms with van der Waals surface area (Å²) in [6.45, 7) is 0.828. The molecule has 122 valence electrons. The van der Waals surface area contributed by atoms with Crippen molar-refractivity contribution in [2.24, 2.45) is 0 Å². The van der Waals surface area contributed by atoms with Gasteiger partial charge in [0.2, 0.25) is 0 Å². The highest BCUT2D eigenvalue weighted by atomic mass is 35.5. The zero-order valence-electron chi connectivity index (χ0n) is 13.3. The van der Waals surface area contributed by atoms with E-state index in [-0.39, 0.29) is 11.9 Å². The second kappa shape index (κ2) is 6.33. The molecular formula is C20H19ClN2O. The highest BCUT2D eigenvalue weighted by Crippen LogP contribution is 2.27. The van der Waals surface area contributed by atoms with Crippen molar-refractivity contribution in [3.05, 3.63) is 70.9 Å². The van der Waals surface area contributed by atoms with Crippen molar-refractivity contribution < 1.29 is 4.79 Å². The Morgan fingerprint density at radius 3 is 2.79 bits per heavy atom. The van der Waals surface area contributed by atoms with Crippen molar-refractivity contribution in [1.29, 1.82) is 0 Å². The summed E-state index contributed by atoms with van der Waals surface area (Å²) in [6, 6.07) is 15.8. The number of aromatic amines is 1. The highest BCUT2D eigenvalue weighted by molar-refractivity contribution is 6.30. The summed E-state index contributed by atoms with van der Waals surface area (Å²) in [5.74, 6) is 0.106. The zero-order valence-corrected chi connectivity index (χ0v) is 14.1. The van der Waals surface area contributed by atoms with E-state index in [1.165, 1.54) is 10.9 Å². The molecule has 0 spiro atoms. The largest absolute Gasteiger partial charge is 0.361 e. The van der Waals surface area contributed by atoms with Crippen LogP contribution in [0.5, 0.6) is 0 Å². The molecule has 3 aromatic rings. The SMILES string of the molecule is O=C(c1ccc(Cl)cc1)N1CCCC1Cc1c[nH]c2ccccc12. The summed E-state index contributed by atoms with van der Waals surface area (Å²) < 4.78 is 0. The molecule has 1 aromatic heterocycles. The van der Waals surface area contributed by atoms with Crippen LogP contribution in [0.3, 0.4) is 0 Å². The van der Waals surface area contributed by atoms with E-state index in [4.69, 9.17) is 11.6 Å². The van der Waals surface area contributed by atoms with Crippen molar-refractivity contribution in [3.63, 3.8) is 0 Å². The lowest BCUT2D eigenvalue weighted by atomic mass is 10.0. The Morgan fingerprint density at radius 2 is 1.96 bits per heavy atom. The summed E-state index contributed by atoms with van der Waals surface area (Å²) in [4.78, 5) is 18.2. The summed E-state index contributed by atoms with van der Waals surface area (Å²) in [7, 11) is 0. The van der Waals surface area contributed by atoms with Gasteiger partial charge >= 0.3 is 0 Å². The number of amides is 1. The first kappa shape index (κ1) is 15.3. The van der Waals surface area contributed by atoms with Crippen LogP contribution in [0.25, 0.3) is 10.9 Å². The summed E-state index contributed by atoms with van der Waals surface area (Å²) in [6.07, 6.45) is 5.09. The van der Waals surface area contributed by atoms with Gasteiger partial charge in [-0.05, 0) is 55.2 Å². The molecule has 1 atom stereocenters. The van der Waals surface area contributed by atoms with E-state index in [2.05, 4.69) is 29.4 Å². The van der Waals surface area contributed by atoms with Crippen molar-refractivity contribution in [1.82, 2.24) is 9.88 Å². The smallest absolute Gasteiger partial charge is 0.254 e. The number of benzene rings is 2. The average Bonchev–Trinajstić information content (AvgIpc) is 3.23. The van der Waals surface area contributed by atoms with E-state index in [1.54, 1.807) is 12.1 Å². The van der Waals surface area contributed by atoms with Crippen LogP contribution >= 0.6 is 11.6 Å². The molecule has 1 amide bonds. The third-order valence-electron chi connectivity index (χ3n) is 4.86. The number of para-hydroxylation sites is 1. The highest BCUT2D eigenvalue weighted by Gasteiger charge is 2.29. The second-order valence-electron chi connectivity index (χ2n) is 6.37. The first-order chi connectivity index (χ1) is 11.7. The van der Waals surface area contributed by atoms with Crippen LogP contribution in [0, 0.1) is 0 Å². The van der Waals surface area contributed by atoms with Gasteiger partial charge in [-0.15, -0.1) is 0 Å². The van der Waals surface area contributed by atoms with Crippen LogP contribution in [0.2, 0.25) is 5.02 Å². The molecule has 1 saturated heterocycles. The predicted molar refractivity (Wildman–Crippen MR) is 97.5 cm³/mol. The summed E-state index contributed by atoms with van der Waals surface area (Å²) in [5.41, 5.74) is 3.15. The van der Waals surface area contributed by atoms with Crippen LogP contribution < -0.4 is 0 Å². The lowest BCUT2D eigenvalue weighted by Gasteiger charge is -2.25. The average molecular weight is 339 g/mol. The number of likely N-dealkylation sites (tertiary alicyclic amines) is 1. The molecule has 1 aliphatic heterocycles. The Hall–Kier alpha value is -2.26. The van der Waals surface area contributed by atoms with Gasteiger partial charge in [-0.1, -0.05) is 29.8 Å². The third-order valence-corrected chi connectivity index (χ3v) is 5.11. The fourth-order valence-corrected chi connectivity index (χ4v) is 3.75. The first-order valence-corrected chi connectivity index (χ1v) is 8.72. The van der Waals surface area contributed by atoms with Gasteiger partial charge in [-0.3, -0.25) is 4.79 Å². The van der Waals surface area contributed by atoms with Crippen molar-refractivity contribution in [2.45, 2.75) is 25.3 Å². The summed E-state index contributed by atoms with van der Waals surface area (Å²) in [5, 5.41) is 1.91. The molecule has 0 aliphatic carbocycles. The van der Waals surface area contributed by atoms with Gasteiger partial charge in [0.25, 0.3) is 5.91 Å². The molecule has 1 unspecified atom stereocenters. The molecule has 0 bridgehead atoms. The molecule has 1 N–H and O–H groups in total. The number of hydrogen-bond acceptors (Lipinski definition) is 1. The summed E-state index contributed by atoms with van der Waals surface area (Å²) >= 11 is 5.93. The number of fused-ring (bicyclic) bond motifs is 1. The Morgan fingerprint density at radius 1 is 1.17 bits per heavy atom. The maximum absolute atomic E-state index is 12.8. The van der Waals surface area contributed by atoms with Crippen LogP contribution in [-0.4, -0.2) is 28.4 Å².